The summed E-state index contributed by atoms with van der Waals surface area (Å²) >= 11 is 0. The number of aromatic nitrogens is 1. The predicted octanol–water partition coefficient (Wildman–Crippen LogP) is 2.67. The van der Waals surface area contributed by atoms with Crippen molar-refractivity contribution >= 4 is 17.3 Å². The number of carbonyl (C=O) groups excluding carboxylic acids is 1. The van der Waals surface area contributed by atoms with Gasteiger partial charge in [-0.1, -0.05) is 11.2 Å². The van der Waals surface area contributed by atoms with E-state index >= 15 is 0 Å². The van der Waals surface area contributed by atoms with E-state index in [0.717, 1.165) is 23.5 Å². The number of rotatable bonds is 4. The summed E-state index contributed by atoms with van der Waals surface area (Å²) in [6.45, 7) is 4.80. The van der Waals surface area contributed by atoms with Crippen LogP contribution in [0.25, 0.3) is 0 Å². The van der Waals surface area contributed by atoms with E-state index in [9.17, 15) is 4.79 Å². The Labute approximate surface area is 105 Å². The number of benzene rings is 1. The first-order valence-corrected chi connectivity index (χ1v) is 5.77. The first kappa shape index (κ1) is 12.2. The van der Waals surface area contributed by atoms with Crippen molar-refractivity contribution in [1.82, 2.24) is 5.16 Å². The van der Waals surface area contributed by atoms with E-state index in [2.05, 4.69) is 20.3 Å². The lowest BCUT2D eigenvalue weighted by Gasteiger charge is -2.12. The Morgan fingerprint density at radius 1 is 1.33 bits per heavy atom. The third-order valence-electron chi connectivity index (χ3n) is 2.46. The van der Waals surface area contributed by atoms with Crippen molar-refractivity contribution in [3.63, 3.8) is 0 Å². The van der Waals surface area contributed by atoms with Gasteiger partial charge in [0.15, 0.2) is 5.69 Å². The number of aryl methyl sites for hydroxylation is 1. The number of carbonyl (C=O) groups is 1. The van der Waals surface area contributed by atoms with Gasteiger partial charge in [0.2, 0.25) is 0 Å². The molecule has 0 aliphatic heterocycles. The first-order chi connectivity index (χ1) is 8.70. The maximum atomic E-state index is 11.9. The van der Waals surface area contributed by atoms with Gasteiger partial charge in [-0.2, -0.15) is 0 Å². The van der Waals surface area contributed by atoms with Gasteiger partial charge in [-0.15, -0.1) is 0 Å². The third-order valence-corrected chi connectivity index (χ3v) is 2.46. The molecule has 5 nitrogen and oxygen atoms in total. The topological polar surface area (TPSA) is 67.2 Å². The second-order valence-corrected chi connectivity index (χ2v) is 3.92. The molecular weight excluding hydrogens is 230 g/mol. The third kappa shape index (κ3) is 2.68. The maximum Gasteiger partial charge on any atom is 0.277 e. The Kier molecular flexibility index (Phi) is 3.62. The summed E-state index contributed by atoms with van der Waals surface area (Å²) in [5, 5.41) is 9.61. The van der Waals surface area contributed by atoms with Crippen molar-refractivity contribution in [3.05, 3.63) is 41.8 Å². The molecule has 18 heavy (non-hydrogen) atoms. The fourth-order valence-corrected chi connectivity index (χ4v) is 1.62. The maximum absolute atomic E-state index is 11.9. The number of amides is 1. The van der Waals surface area contributed by atoms with Gasteiger partial charge in [-0.3, -0.25) is 4.79 Å². The van der Waals surface area contributed by atoms with Gasteiger partial charge in [0.25, 0.3) is 5.91 Å². The minimum Gasteiger partial charge on any atom is -0.384 e. The standard InChI is InChI=1S/C13H15N3O2/c1-3-14-12-8-9(2)4-5-10(12)15-13(17)11-6-7-18-16-11/h4-8,14H,3H2,1-2H3,(H,15,17). The average Bonchev–Trinajstić information content (AvgIpc) is 2.86. The van der Waals surface area contributed by atoms with Crippen LogP contribution < -0.4 is 10.6 Å². The molecule has 2 rings (SSSR count). The van der Waals surface area contributed by atoms with Crippen LogP contribution in [0.4, 0.5) is 11.4 Å². The number of nitrogens with one attached hydrogen (secondary N) is 2. The van der Waals surface area contributed by atoms with Crippen LogP contribution in [0.2, 0.25) is 0 Å². The summed E-state index contributed by atoms with van der Waals surface area (Å²) in [5.74, 6) is -0.285. The van der Waals surface area contributed by atoms with Crippen LogP contribution in [0, 0.1) is 6.92 Å². The molecule has 1 heterocycles. The fraction of sp³-hybridized carbons (Fsp3) is 0.231. The van der Waals surface area contributed by atoms with Crippen molar-refractivity contribution in [2.24, 2.45) is 0 Å². The second kappa shape index (κ2) is 5.35. The van der Waals surface area contributed by atoms with E-state index in [1.165, 1.54) is 12.3 Å². The molecule has 0 aliphatic carbocycles. The molecule has 0 aliphatic rings. The zero-order valence-electron chi connectivity index (χ0n) is 10.4. The van der Waals surface area contributed by atoms with E-state index in [0.29, 0.717) is 0 Å². The minimum atomic E-state index is -0.285. The first-order valence-electron chi connectivity index (χ1n) is 5.77. The van der Waals surface area contributed by atoms with Gasteiger partial charge in [0.1, 0.15) is 6.26 Å². The molecule has 1 amide bonds. The average molecular weight is 245 g/mol. The summed E-state index contributed by atoms with van der Waals surface area (Å²) < 4.78 is 4.64. The number of hydrogen-bond donors (Lipinski definition) is 2. The minimum absolute atomic E-state index is 0.262. The molecule has 1 aromatic heterocycles. The highest BCUT2D eigenvalue weighted by Crippen LogP contribution is 2.23. The Morgan fingerprint density at radius 3 is 2.83 bits per heavy atom. The molecule has 0 radical (unpaired) electrons. The van der Waals surface area contributed by atoms with Crippen LogP contribution in [-0.4, -0.2) is 17.6 Å². The Balaban J connectivity index is 2.20. The number of anilines is 2. The molecule has 0 spiro atoms. The quantitative estimate of drug-likeness (QED) is 0.869. The molecular formula is C13H15N3O2. The zero-order chi connectivity index (χ0) is 13.0. The predicted molar refractivity (Wildman–Crippen MR) is 69.8 cm³/mol. The highest BCUT2D eigenvalue weighted by atomic mass is 16.5. The molecule has 1 aromatic carbocycles. The monoisotopic (exact) mass is 245 g/mol. The second-order valence-electron chi connectivity index (χ2n) is 3.92. The molecule has 0 unspecified atom stereocenters. The lowest BCUT2D eigenvalue weighted by atomic mass is 10.2. The lowest BCUT2D eigenvalue weighted by molar-refractivity contribution is 0.101. The molecule has 0 atom stereocenters. The number of hydrogen-bond acceptors (Lipinski definition) is 4. The van der Waals surface area contributed by atoms with E-state index < -0.39 is 0 Å². The number of nitrogens with zero attached hydrogens (tertiary/aromatic N) is 1. The highest BCUT2D eigenvalue weighted by Gasteiger charge is 2.11. The van der Waals surface area contributed by atoms with Gasteiger partial charge in [-0.05, 0) is 31.5 Å². The van der Waals surface area contributed by atoms with Crippen LogP contribution in [0.1, 0.15) is 23.0 Å². The van der Waals surface area contributed by atoms with Crippen molar-refractivity contribution in [1.29, 1.82) is 0 Å². The van der Waals surface area contributed by atoms with Crippen molar-refractivity contribution < 1.29 is 9.32 Å². The molecule has 0 saturated carbocycles. The molecule has 2 aromatic rings. The van der Waals surface area contributed by atoms with Crippen LogP contribution >= 0.6 is 0 Å². The summed E-state index contributed by atoms with van der Waals surface area (Å²) in [6.07, 6.45) is 1.37. The Morgan fingerprint density at radius 2 is 2.17 bits per heavy atom. The van der Waals surface area contributed by atoms with Gasteiger partial charge < -0.3 is 15.2 Å². The van der Waals surface area contributed by atoms with Gasteiger partial charge in [-0.25, -0.2) is 0 Å². The normalized spacial score (nSPS) is 10.1. The van der Waals surface area contributed by atoms with E-state index in [1.807, 2.05) is 32.0 Å². The zero-order valence-corrected chi connectivity index (χ0v) is 10.4. The van der Waals surface area contributed by atoms with Crippen LogP contribution in [-0.2, 0) is 0 Å². The van der Waals surface area contributed by atoms with Crippen LogP contribution in [0.5, 0.6) is 0 Å². The highest BCUT2D eigenvalue weighted by molar-refractivity contribution is 6.04. The van der Waals surface area contributed by atoms with Gasteiger partial charge in [0.05, 0.1) is 11.4 Å². The van der Waals surface area contributed by atoms with Crippen molar-refractivity contribution in [2.75, 3.05) is 17.2 Å². The summed E-state index contributed by atoms with van der Waals surface area (Å²) in [6, 6.07) is 7.32. The summed E-state index contributed by atoms with van der Waals surface area (Å²) in [4.78, 5) is 11.9. The fourth-order valence-electron chi connectivity index (χ4n) is 1.62. The molecule has 0 fully saturated rings. The molecule has 0 bridgehead atoms. The van der Waals surface area contributed by atoms with Gasteiger partial charge in [0, 0.05) is 12.6 Å². The van der Waals surface area contributed by atoms with E-state index in [-0.39, 0.29) is 11.6 Å². The SMILES string of the molecule is CCNc1cc(C)ccc1NC(=O)c1ccon1. The van der Waals surface area contributed by atoms with Crippen molar-refractivity contribution in [3.8, 4) is 0 Å². The molecule has 94 valence electrons. The summed E-state index contributed by atoms with van der Waals surface area (Å²) in [7, 11) is 0. The molecule has 2 N–H and O–H groups in total. The van der Waals surface area contributed by atoms with Crippen LogP contribution in [0.15, 0.2) is 35.1 Å². The van der Waals surface area contributed by atoms with E-state index in [4.69, 9.17) is 0 Å². The van der Waals surface area contributed by atoms with Crippen LogP contribution in [0.3, 0.4) is 0 Å². The lowest BCUT2D eigenvalue weighted by Crippen LogP contribution is -2.14. The molecule has 0 saturated heterocycles. The molecule has 5 heteroatoms. The van der Waals surface area contributed by atoms with Crippen molar-refractivity contribution in [2.45, 2.75) is 13.8 Å². The largest absolute Gasteiger partial charge is 0.384 e. The Bertz CT molecular complexity index is 535. The van der Waals surface area contributed by atoms with Gasteiger partial charge >= 0.3 is 0 Å². The summed E-state index contributed by atoms with van der Waals surface area (Å²) in [5.41, 5.74) is 3.02. The Hall–Kier alpha value is -2.30. The smallest absolute Gasteiger partial charge is 0.277 e. The van der Waals surface area contributed by atoms with E-state index in [1.54, 1.807) is 0 Å².